The molecule has 0 unspecified atom stereocenters. The van der Waals surface area contributed by atoms with Crippen molar-refractivity contribution in [2.45, 2.75) is 32.7 Å². The lowest BCUT2D eigenvalue weighted by Gasteiger charge is -2.19. The van der Waals surface area contributed by atoms with E-state index in [1.165, 1.54) is 18.0 Å². The van der Waals surface area contributed by atoms with E-state index in [-0.39, 0.29) is 11.3 Å². The summed E-state index contributed by atoms with van der Waals surface area (Å²) < 4.78 is 0. The molecule has 0 fully saturated rings. The maximum atomic E-state index is 12.2. The van der Waals surface area contributed by atoms with E-state index in [1.807, 2.05) is 42.5 Å². The molecular weight excluding hydrogens is 336 g/mol. The van der Waals surface area contributed by atoms with Gasteiger partial charge in [0, 0.05) is 24.6 Å². The lowest BCUT2D eigenvalue weighted by molar-refractivity contribution is 0.0950. The maximum Gasteiger partial charge on any atom is 0.254 e. The second-order valence-corrected chi connectivity index (χ2v) is 7.42. The lowest BCUT2D eigenvalue weighted by atomic mass is 9.87. The largest absolute Gasteiger partial charge is 0.348 e. The maximum absolute atomic E-state index is 12.2. The first-order chi connectivity index (χ1) is 12.9. The highest BCUT2D eigenvalue weighted by atomic mass is 16.1. The number of hydrogen-bond donors (Lipinski definition) is 2. The Morgan fingerprint density at radius 2 is 1.56 bits per heavy atom. The minimum Gasteiger partial charge on any atom is -0.348 e. The van der Waals surface area contributed by atoms with Crippen LogP contribution in [0, 0.1) is 0 Å². The third-order valence-electron chi connectivity index (χ3n) is 4.22. The molecule has 1 amide bonds. The Bertz CT molecular complexity index is 882. The molecule has 2 N–H and O–H groups in total. The molecule has 0 aliphatic carbocycles. The number of nitrogens with one attached hydrogen (secondary N) is 2. The highest BCUT2D eigenvalue weighted by molar-refractivity contribution is 5.93. The van der Waals surface area contributed by atoms with E-state index in [0.717, 1.165) is 11.3 Å². The van der Waals surface area contributed by atoms with Crippen LogP contribution in [0.2, 0.25) is 0 Å². The number of hydrogen-bond acceptors (Lipinski definition) is 4. The molecule has 5 nitrogen and oxygen atoms in total. The SMILES string of the molecule is CC(C)(C)c1ccc(Nc2ncc(C(=O)NCc3ccccc3)cn2)cc1. The summed E-state index contributed by atoms with van der Waals surface area (Å²) in [7, 11) is 0. The van der Waals surface area contributed by atoms with Gasteiger partial charge in [-0.2, -0.15) is 0 Å². The van der Waals surface area contributed by atoms with E-state index >= 15 is 0 Å². The first-order valence-corrected chi connectivity index (χ1v) is 8.93. The molecule has 1 heterocycles. The zero-order valence-corrected chi connectivity index (χ0v) is 15.9. The monoisotopic (exact) mass is 360 g/mol. The summed E-state index contributed by atoms with van der Waals surface area (Å²) in [5.41, 5.74) is 3.76. The normalized spacial score (nSPS) is 11.1. The van der Waals surface area contributed by atoms with Crippen molar-refractivity contribution in [1.82, 2.24) is 15.3 Å². The van der Waals surface area contributed by atoms with E-state index < -0.39 is 0 Å². The Morgan fingerprint density at radius 3 is 2.15 bits per heavy atom. The van der Waals surface area contributed by atoms with Gasteiger partial charge in [0.1, 0.15) is 0 Å². The molecule has 3 rings (SSSR count). The summed E-state index contributed by atoms with van der Waals surface area (Å²) in [6.07, 6.45) is 3.05. The molecule has 27 heavy (non-hydrogen) atoms. The van der Waals surface area contributed by atoms with Crippen LogP contribution in [0.5, 0.6) is 0 Å². The molecule has 1 aromatic heterocycles. The first-order valence-electron chi connectivity index (χ1n) is 8.93. The Morgan fingerprint density at radius 1 is 0.926 bits per heavy atom. The topological polar surface area (TPSA) is 66.9 Å². The van der Waals surface area contributed by atoms with E-state index in [2.05, 4.69) is 53.5 Å². The van der Waals surface area contributed by atoms with Crippen molar-refractivity contribution in [3.8, 4) is 0 Å². The van der Waals surface area contributed by atoms with E-state index in [4.69, 9.17) is 0 Å². The lowest BCUT2D eigenvalue weighted by Crippen LogP contribution is -2.23. The van der Waals surface area contributed by atoms with Crippen molar-refractivity contribution in [2.24, 2.45) is 0 Å². The van der Waals surface area contributed by atoms with E-state index in [1.54, 1.807) is 0 Å². The fourth-order valence-corrected chi connectivity index (χ4v) is 2.57. The molecule has 0 aliphatic rings. The number of carbonyl (C=O) groups is 1. The molecule has 138 valence electrons. The summed E-state index contributed by atoms with van der Waals surface area (Å²) in [5.74, 6) is 0.262. The van der Waals surface area contributed by atoms with Gasteiger partial charge in [-0.25, -0.2) is 9.97 Å². The quantitative estimate of drug-likeness (QED) is 0.705. The van der Waals surface area contributed by atoms with Crippen LogP contribution in [-0.2, 0) is 12.0 Å². The fraction of sp³-hybridized carbons (Fsp3) is 0.227. The van der Waals surface area contributed by atoms with Crippen LogP contribution in [0.15, 0.2) is 67.0 Å². The average molecular weight is 360 g/mol. The van der Waals surface area contributed by atoms with E-state index in [0.29, 0.717) is 18.1 Å². The van der Waals surface area contributed by atoms with Gasteiger partial charge in [-0.3, -0.25) is 4.79 Å². The van der Waals surface area contributed by atoms with Gasteiger partial charge in [0.15, 0.2) is 0 Å². The minimum atomic E-state index is -0.195. The number of anilines is 2. The van der Waals surface area contributed by atoms with Gasteiger partial charge in [-0.05, 0) is 28.7 Å². The number of benzene rings is 2. The number of amides is 1. The molecule has 2 aromatic carbocycles. The summed E-state index contributed by atoms with van der Waals surface area (Å²) in [6.45, 7) is 7.01. The highest BCUT2D eigenvalue weighted by Gasteiger charge is 2.13. The van der Waals surface area contributed by atoms with Crippen LogP contribution < -0.4 is 10.6 Å². The molecule has 0 aliphatic heterocycles. The average Bonchev–Trinajstić information content (AvgIpc) is 2.67. The zero-order chi connectivity index (χ0) is 19.3. The molecule has 0 spiro atoms. The first kappa shape index (κ1) is 18.6. The van der Waals surface area contributed by atoms with Crippen molar-refractivity contribution in [2.75, 3.05) is 5.32 Å². The summed E-state index contributed by atoms with van der Waals surface area (Å²) in [4.78, 5) is 20.7. The third-order valence-corrected chi connectivity index (χ3v) is 4.22. The van der Waals surface area contributed by atoms with Crippen LogP contribution in [0.4, 0.5) is 11.6 Å². The van der Waals surface area contributed by atoms with Crippen LogP contribution in [0.25, 0.3) is 0 Å². The van der Waals surface area contributed by atoms with Crippen molar-refractivity contribution in [1.29, 1.82) is 0 Å². The van der Waals surface area contributed by atoms with Crippen molar-refractivity contribution >= 4 is 17.5 Å². The number of carbonyl (C=O) groups excluding carboxylic acids is 1. The second-order valence-electron chi connectivity index (χ2n) is 7.42. The number of nitrogens with zero attached hydrogens (tertiary/aromatic N) is 2. The van der Waals surface area contributed by atoms with Gasteiger partial charge in [-0.1, -0.05) is 63.2 Å². The number of rotatable bonds is 5. The molecule has 0 saturated heterocycles. The summed E-state index contributed by atoms with van der Waals surface area (Å²) in [5, 5.41) is 6.02. The van der Waals surface area contributed by atoms with Crippen LogP contribution in [-0.4, -0.2) is 15.9 Å². The van der Waals surface area contributed by atoms with E-state index in [9.17, 15) is 4.79 Å². The Hall–Kier alpha value is -3.21. The molecule has 0 bridgehead atoms. The summed E-state index contributed by atoms with van der Waals surface area (Å²) >= 11 is 0. The van der Waals surface area contributed by atoms with Gasteiger partial charge in [0.2, 0.25) is 5.95 Å². The predicted molar refractivity (Wildman–Crippen MR) is 108 cm³/mol. The minimum absolute atomic E-state index is 0.115. The highest BCUT2D eigenvalue weighted by Crippen LogP contribution is 2.24. The molecule has 3 aromatic rings. The van der Waals surface area contributed by atoms with Gasteiger partial charge < -0.3 is 10.6 Å². The zero-order valence-electron chi connectivity index (χ0n) is 15.9. The van der Waals surface area contributed by atoms with Gasteiger partial charge >= 0.3 is 0 Å². The molecule has 0 radical (unpaired) electrons. The van der Waals surface area contributed by atoms with Gasteiger partial charge in [0.05, 0.1) is 5.56 Å². The smallest absolute Gasteiger partial charge is 0.254 e. The predicted octanol–water partition coefficient (Wildman–Crippen LogP) is 4.45. The number of aromatic nitrogens is 2. The molecular formula is C22H24N4O. The Kier molecular flexibility index (Phi) is 5.50. The van der Waals surface area contributed by atoms with Crippen LogP contribution in [0.1, 0.15) is 42.3 Å². The Balaban J connectivity index is 1.59. The van der Waals surface area contributed by atoms with Crippen molar-refractivity contribution in [3.63, 3.8) is 0 Å². The van der Waals surface area contributed by atoms with Crippen molar-refractivity contribution in [3.05, 3.63) is 83.7 Å². The fourth-order valence-electron chi connectivity index (χ4n) is 2.57. The standard InChI is InChI=1S/C22H24N4O/c1-22(2,3)18-9-11-19(12-10-18)26-21-24-14-17(15-25-21)20(27)23-13-16-7-5-4-6-8-16/h4-12,14-15H,13H2,1-3H3,(H,23,27)(H,24,25,26). The molecule has 0 atom stereocenters. The Labute approximate surface area is 159 Å². The van der Waals surface area contributed by atoms with Gasteiger partial charge in [-0.15, -0.1) is 0 Å². The van der Waals surface area contributed by atoms with Crippen LogP contribution >= 0.6 is 0 Å². The second kappa shape index (κ2) is 7.99. The molecule has 0 saturated carbocycles. The third kappa shape index (κ3) is 5.14. The van der Waals surface area contributed by atoms with Crippen LogP contribution in [0.3, 0.4) is 0 Å². The van der Waals surface area contributed by atoms with Gasteiger partial charge in [0.25, 0.3) is 5.91 Å². The summed E-state index contributed by atoms with van der Waals surface area (Å²) in [6, 6.07) is 18.0. The van der Waals surface area contributed by atoms with Crippen molar-refractivity contribution < 1.29 is 4.79 Å². The molecule has 5 heteroatoms.